The van der Waals surface area contributed by atoms with Gasteiger partial charge in [0, 0.05) is 18.7 Å². The zero-order valence-corrected chi connectivity index (χ0v) is 16.7. The van der Waals surface area contributed by atoms with Crippen molar-refractivity contribution in [3.8, 4) is 5.69 Å². The second kappa shape index (κ2) is 7.57. The maximum Gasteiger partial charge on any atom is 0.259 e. The van der Waals surface area contributed by atoms with E-state index in [0.717, 1.165) is 6.42 Å². The number of hydrogen-bond acceptors (Lipinski definition) is 5. The molecule has 5 rings (SSSR count). The van der Waals surface area contributed by atoms with Crippen molar-refractivity contribution in [2.75, 3.05) is 6.54 Å². The molecule has 2 aromatic carbocycles. The van der Waals surface area contributed by atoms with Gasteiger partial charge in [0.2, 0.25) is 0 Å². The lowest BCUT2D eigenvalue weighted by atomic mass is 9.92. The summed E-state index contributed by atoms with van der Waals surface area (Å²) in [5.41, 5.74) is 1.13. The van der Waals surface area contributed by atoms with Gasteiger partial charge < -0.3 is 9.32 Å². The SMILES string of the molecule is C[C@@H]1CC[C@@H](c2nc3cc(F)ccc3o2)CN1C(=O)c1c(F)cccc1-n1nccn1. The first-order valence-electron chi connectivity index (χ1n) is 10.0. The maximum absolute atomic E-state index is 14.8. The van der Waals surface area contributed by atoms with Gasteiger partial charge in [0.25, 0.3) is 5.91 Å². The van der Waals surface area contributed by atoms with E-state index in [1.807, 2.05) is 6.92 Å². The van der Waals surface area contributed by atoms with E-state index in [1.165, 1.54) is 47.5 Å². The largest absolute Gasteiger partial charge is 0.440 e. The van der Waals surface area contributed by atoms with Crippen molar-refractivity contribution < 1.29 is 18.0 Å². The predicted octanol–water partition coefficient (Wildman–Crippen LogP) is 4.10. The van der Waals surface area contributed by atoms with Gasteiger partial charge >= 0.3 is 0 Å². The predicted molar refractivity (Wildman–Crippen MR) is 108 cm³/mol. The van der Waals surface area contributed by atoms with Crippen LogP contribution in [-0.2, 0) is 0 Å². The molecule has 2 aromatic heterocycles. The number of rotatable bonds is 3. The number of benzene rings is 2. The number of oxazole rings is 1. The minimum absolute atomic E-state index is 0.0779. The van der Waals surface area contributed by atoms with Gasteiger partial charge in [-0.15, -0.1) is 0 Å². The summed E-state index contributed by atoms with van der Waals surface area (Å²) in [6.07, 6.45) is 4.39. The Labute approximate surface area is 176 Å². The van der Waals surface area contributed by atoms with E-state index in [4.69, 9.17) is 4.42 Å². The zero-order chi connectivity index (χ0) is 21.5. The summed E-state index contributed by atoms with van der Waals surface area (Å²) >= 11 is 0. The molecule has 7 nitrogen and oxygen atoms in total. The average molecular weight is 423 g/mol. The number of carbonyl (C=O) groups is 1. The number of amides is 1. The minimum atomic E-state index is -0.633. The van der Waals surface area contributed by atoms with Crippen LogP contribution in [0.15, 0.2) is 53.2 Å². The van der Waals surface area contributed by atoms with Crippen molar-refractivity contribution in [1.82, 2.24) is 24.9 Å². The van der Waals surface area contributed by atoms with Gasteiger partial charge in [-0.3, -0.25) is 4.79 Å². The van der Waals surface area contributed by atoms with E-state index >= 15 is 0 Å². The summed E-state index contributed by atoms with van der Waals surface area (Å²) in [5, 5.41) is 8.08. The maximum atomic E-state index is 14.8. The first-order valence-corrected chi connectivity index (χ1v) is 10.0. The third-order valence-electron chi connectivity index (χ3n) is 5.70. The van der Waals surface area contributed by atoms with Crippen molar-refractivity contribution in [1.29, 1.82) is 0 Å². The van der Waals surface area contributed by atoms with Crippen LogP contribution in [-0.4, -0.2) is 43.4 Å². The summed E-state index contributed by atoms with van der Waals surface area (Å²) in [4.78, 5) is 20.7. The molecule has 31 heavy (non-hydrogen) atoms. The fraction of sp³-hybridized carbons (Fsp3) is 0.273. The Kier molecular flexibility index (Phi) is 4.72. The highest BCUT2D eigenvalue weighted by molar-refractivity contribution is 5.98. The van der Waals surface area contributed by atoms with E-state index in [-0.39, 0.29) is 29.0 Å². The number of halogens is 2. The van der Waals surface area contributed by atoms with Crippen molar-refractivity contribution in [2.45, 2.75) is 31.7 Å². The van der Waals surface area contributed by atoms with Gasteiger partial charge in [-0.05, 0) is 44.0 Å². The van der Waals surface area contributed by atoms with E-state index in [2.05, 4.69) is 15.2 Å². The third-order valence-corrected chi connectivity index (χ3v) is 5.70. The Morgan fingerprint density at radius 3 is 2.74 bits per heavy atom. The van der Waals surface area contributed by atoms with Gasteiger partial charge in [0.1, 0.15) is 28.4 Å². The van der Waals surface area contributed by atoms with Crippen molar-refractivity contribution in [3.05, 3.63) is 71.9 Å². The monoisotopic (exact) mass is 423 g/mol. The number of carbonyl (C=O) groups excluding carboxylic acids is 1. The number of likely N-dealkylation sites (tertiary alicyclic amines) is 1. The standard InChI is InChI=1S/C22H19F2N5O2/c1-13-5-6-14(21-27-17-11-15(23)7-8-19(17)31-21)12-28(13)22(30)20-16(24)3-2-4-18(20)29-25-9-10-26-29/h2-4,7-11,13-14H,5-6,12H2,1H3/t13-,14-/m1/s1. The topological polar surface area (TPSA) is 77.0 Å². The lowest BCUT2D eigenvalue weighted by molar-refractivity contribution is 0.0593. The normalized spacial score (nSPS) is 19.1. The van der Waals surface area contributed by atoms with Gasteiger partial charge in [0.05, 0.1) is 18.3 Å². The Balaban J connectivity index is 1.48. The number of fused-ring (bicyclic) bond motifs is 1. The molecule has 4 aromatic rings. The molecule has 0 N–H and O–H groups in total. The number of piperidine rings is 1. The molecule has 0 radical (unpaired) electrons. The quantitative estimate of drug-likeness (QED) is 0.496. The number of aromatic nitrogens is 4. The summed E-state index contributed by atoms with van der Waals surface area (Å²) in [7, 11) is 0. The molecule has 1 aliphatic rings. The second-order valence-electron chi connectivity index (χ2n) is 7.70. The molecule has 0 spiro atoms. The lowest BCUT2D eigenvalue weighted by Gasteiger charge is -2.37. The molecule has 0 aliphatic carbocycles. The van der Waals surface area contributed by atoms with Gasteiger partial charge in [-0.25, -0.2) is 13.8 Å². The van der Waals surface area contributed by atoms with Crippen LogP contribution >= 0.6 is 0 Å². The molecule has 1 amide bonds. The van der Waals surface area contributed by atoms with Crippen molar-refractivity contribution >= 4 is 17.0 Å². The minimum Gasteiger partial charge on any atom is -0.440 e. The van der Waals surface area contributed by atoms with Crippen molar-refractivity contribution in [2.24, 2.45) is 0 Å². The molecule has 1 aliphatic heterocycles. The number of nitrogens with zero attached hydrogens (tertiary/aromatic N) is 5. The Bertz CT molecular complexity index is 1250. The molecule has 1 fully saturated rings. The van der Waals surface area contributed by atoms with Crippen LogP contribution in [0.25, 0.3) is 16.8 Å². The Morgan fingerprint density at radius 2 is 1.94 bits per heavy atom. The molecule has 0 bridgehead atoms. The summed E-state index contributed by atoms with van der Waals surface area (Å²) < 4.78 is 34.1. The molecule has 3 heterocycles. The van der Waals surface area contributed by atoms with Crippen LogP contribution in [0, 0.1) is 11.6 Å². The molecule has 2 atom stereocenters. The van der Waals surface area contributed by atoms with E-state index in [1.54, 1.807) is 11.0 Å². The first-order chi connectivity index (χ1) is 15.0. The highest BCUT2D eigenvalue weighted by atomic mass is 19.1. The summed E-state index contributed by atoms with van der Waals surface area (Å²) in [6.45, 7) is 2.25. The third kappa shape index (κ3) is 3.45. The number of hydrogen-bond donors (Lipinski definition) is 0. The molecule has 158 valence electrons. The molecule has 0 saturated carbocycles. The van der Waals surface area contributed by atoms with Crippen LogP contribution in [0.2, 0.25) is 0 Å². The first kappa shape index (κ1) is 19.3. The van der Waals surface area contributed by atoms with E-state index in [0.29, 0.717) is 30.0 Å². The van der Waals surface area contributed by atoms with Crippen molar-refractivity contribution in [3.63, 3.8) is 0 Å². The molecule has 1 saturated heterocycles. The fourth-order valence-corrected chi connectivity index (χ4v) is 4.06. The van der Waals surface area contributed by atoms with Crippen LogP contribution in [0.4, 0.5) is 8.78 Å². The average Bonchev–Trinajstić information content (AvgIpc) is 3.43. The summed E-state index contributed by atoms with van der Waals surface area (Å²) in [5.74, 6) is -1.18. The van der Waals surface area contributed by atoms with Crippen LogP contribution in [0.5, 0.6) is 0 Å². The molecule has 0 unspecified atom stereocenters. The van der Waals surface area contributed by atoms with Crippen LogP contribution < -0.4 is 0 Å². The Hall–Kier alpha value is -3.62. The van der Waals surface area contributed by atoms with Gasteiger partial charge in [-0.2, -0.15) is 15.0 Å². The fourth-order valence-electron chi connectivity index (χ4n) is 4.06. The Morgan fingerprint density at radius 1 is 1.13 bits per heavy atom. The molecular weight excluding hydrogens is 404 g/mol. The molecule has 9 heteroatoms. The smallest absolute Gasteiger partial charge is 0.259 e. The molecular formula is C22H19F2N5O2. The zero-order valence-electron chi connectivity index (χ0n) is 16.7. The second-order valence-corrected chi connectivity index (χ2v) is 7.70. The van der Waals surface area contributed by atoms with E-state index in [9.17, 15) is 13.6 Å². The van der Waals surface area contributed by atoms with Crippen LogP contribution in [0.1, 0.15) is 41.9 Å². The van der Waals surface area contributed by atoms with E-state index < -0.39 is 11.7 Å². The lowest BCUT2D eigenvalue weighted by Crippen LogP contribution is -2.45. The summed E-state index contributed by atoms with van der Waals surface area (Å²) in [6, 6.07) is 8.46. The van der Waals surface area contributed by atoms with Crippen LogP contribution in [0.3, 0.4) is 0 Å². The highest BCUT2D eigenvalue weighted by Gasteiger charge is 2.35. The highest BCUT2D eigenvalue weighted by Crippen LogP contribution is 2.33. The van der Waals surface area contributed by atoms with Gasteiger partial charge in [0.15, 0.2) is 11.5 Å². The van der Waals surface area contributed by atoms with Gasteiger partial charge in [-0.1, -0.05) is 6.07 Å².